The summed E-state index contributed by atoms with van der Waals surface area (Å²) >= 11 is 0. The van der Waals surface area contributed by atoms with Crippen LogP contribution in [0.3, 0.4) is 0 Å². The zero-order valence-electron chi connectivity index (χ0n) is 13.8. The van der Waals surface area contributed by atoms with Gasteiger partial charge in [-0.15, -0.1) is 10.2 Å². The minimum Gasteiger partial charge on any atom is -0.306 e. The first-order valence-electron chi connectivity index (χ1n) is 8.31. The summed E-state index contributed by atoms with van der Waals surface area (Å²) in [5, 5.41) is 12.7. The normalized spacial score (nSPS) is 11.2. The second kappa shape index (κ2) is 9.30. The van der Waals surface area contributed by atoms with Gasteiger partial charge in [-0.2, -0.15) is 4.80 Å². The molecule has 0 saturated heterocycles. The van der Waals surface area contributed by atoms with Gasteiger partial charge in [0.1, 0.15) is 0 Å². The largest absolute Gasteiger partial charge is 0.306 e. The van der Waals surface area contributed by atoms with E-state index in [2.05, 4.69) is 34.3 Å². The minimum absolute atomic E-state index is 0.708. The fourth-order valence-electron chi connectivity index (χ4n) is 2.39. The van der Waals surface area contributed by atoms with E-state index >= 15 is 0 Å². The van der Waals surface area contributed by atoms with Crippen molar-refractivity contribution in [2.75, 3.05) is 20.1 Å². The monoisotopic (exact) mass is 301 g/mol. The second-order valence-corrected chi connectivity index (χ2v) is 5.79. The molecule has 0 aliphatic rings. The molecule has 22 heavy (non-hydrogen) atoms. The van der Waals surface area contributed by atoms with Gasteiger partial charge < -0.3 is 4.90 Å². The molecule has 2 rings (SSSR count). The summed E-state index contributed by atoms with van der Waals surface area (Å²) in [5.74, 6) is 0.708. The average Bonchev–Trinajstić information content (AvgIpc) is 3.02. The summed E-state index contributed by atoms with van der Waals surface area (Å²) < 4.78 is 0. The van der Waals surface area contributed by atoms with E-state index in [0.29, 0.717) is 5.82 Å². The predicted molar refractivity (Wildman–Crippen MR) is 89.5 cm³/mol. The molecule has 0 N–H and O–H groups in total. The van der Waals surface area contributed by atoms with Crippen LogP contribution < -0.4 is 0 Å². The lowest BCUT2D eigenvalue weighted by Crippen LogP contribution is -2.20. The third kappa shape index (κ3) is 5.56. The van der Waals surface area contributed by atoms with Crippen LogP contribution >= 0.6 is 0 Å². The van der Waals surface area contributed by atoms with Crippen molar-refractivity contribution in [3.63, 3.8) is 0 Å². The summed E-state index contributed by atoms with van der Waals surface area (Å²) in [5.41, 5.74) is 1.02. The highest BCUT2D eigenvalue weighted by molar-refractivity contribution is 5.52. The Balaban J connectivity index is 1.65. The van der Waals surface area contributed by atoms with Gasteiger partial charge in [0, 0.05) is 5.56 Å². The smallest absolute Gasteiger partial charge is 0.204 e. The molecule has 120 valence electrons. The minimum atomic E-state index is 0.708. The molecular weight excluding hydrogens is 274 g/mol. The summed E-state index contributed by atoms with van der Waals surface area (Å²) in [4.78, 5) is 4.13. The molecule has 5 heteroatoms. The number of hydrogen-bond donors (Lipinski definition) is 0. The molecule has 0 bridgehead atoms. The van der Waals surface area contributed by atoms with Gasteiger partial charge in [0.05, 0.1) is 6.54 Å². The Morgan fingerprint density at radius 3 is 2.55 bits per heavy atom. The van der Waals surface area contributed by atoms with Crippen molar-refractivity contribution in [2.24, 2.45) is 0 Å². The van der Waals surface area contributed by atoms with Crippen molar-refractivity contribution in [1.29, 1.82) is 0 Å². The predicted octanol–water partition coefficient (Wildman–Crippen LogP) is 3.24. The topological polar surface area (TPSA) is 46.8 Å². The average molecular weight is 301 g/mol. The highest BCUT2D eigenvalue weighted by Crippen LogP contribution is 2.12. The van der Waals surface area contributed by atoms with Crippen LogP contribution in [0.5, 0.6) is 0 Å². The van der Waals surface area contributed by atoms with Crippen LogP contribution in [-0.4, -0.2) is 45.2 Å². The van der Waals surface area contributed by atoms with E-state index < -0.39 is 0 Å². The summed E-state index contributed by atoms with van der Waals surface area (Å²) in [6, 6.07) is 9.99. The van der Waals surface area contributed by atoms with Crippen LogP contribution in [0.4, 0.5) is 0 Å². The number of unbranched alkanes of at least 4 members (excludes halogenated alkanes) is 3. The summed E-state index contributed by atoms with van der Waals surface area (Å²) in [6.07, 6.45) is 6.11. The van der Waals surface area contributed by atoms with Gasteiger partial charge in [-0.1, -0.05) is 50.1 Å². The van der Waals surface area contributed by atoms with Gasteiger partial charge in [0.15, 0.2) is 0 Å². The molecular formula is C17H27N5. The Morgan fingerprint density at radius 2 is 1.77 bits per heavy atom. The zero-order valence-corrected chi connectivity index (χ0v) is 13.8. The Hall–Kier alpha value is -1.75. The Kier molecular flexibility index (Phi) is 7.03. The molecule has 0 fully saturated rings. The zero-order chi connectivity index (χ0) is 15.6. The Morgan fingerprint density at radius 1 is 1.00 bits per heavy atom. The van der Waals surface area contributed by atoms with Crippen molar-refractivity contribution >= 4 is 0 Å². The van der Waals surface area contributed by atoms with E-state index in [1.54, 1.807) is 4.80 Å². The van der Waals surface area contributed by atoms with Crippen molar-refractivity contribution in [3.8, 4) is 11.4 Å². The molecule has 1 aromatic heterocycles. The molecule has 0 amide bonds. The standard InChI is InChI=1S/C17H27N5/c1-3-4-13-21(2)14-9-6-10-15-22-19-17(18-20-22)16-11-7-5-8-12-16/h5,7-8,11-12H,3-4,6,9-10,13-15H2,1-2H3. The van der Waals surface area contributed by atoms with Gasteiger partial charge in [0.2, 0.25) is 5.82 Å². The van der Waals surface area contributed by atoms with Gasteiger partial charge in [-0.25, -0.2) is 0 Å². The van der Waals surface area contributed by atoms with Crippen LogP contribution in [0, 0.1) is 0 Å². The maximum atomic E-state index is 4.44. The van der Waals surface area contributed by atoms with Crippen molar-refractivity contribution < 1.29 is 0 Å². The lowest BCUT2D eigenvalue weighted by Gasteiger charge is -2.15. The van der Waals surface area contributed by atoms with Gasteiger partial charge in [-0.05, 0) is 44.6 Å². The Bertz CT molecular complexity index is 523. The number of benzene rings is 1. The van der Waals surface area contributed by atoms with E-state index in [4.69, 9.17) is 0 Å². The van der Waals surface area contributed by atoms with Gasteiger partial charge in [-0.3, -0.25) is 0 Å². The molecule has 1 aromatic carbocycles. The van der Waals surface area contributed by atoms with Crippen LogP contribution in [0.2, 0.25) is 0 Å². The molecule has 1 heterocycles. The molecule has 0 atom stereocenters. The SMILES string of the molecule is CCCCN(C)CCCCCn1nnc(-c2ccccc2)n1. The molecule has 0 saturated carbocycles. The highest BCUT2D eigenvalue weighted by atomic mass is 15.6. The molecule has 0 aliphatic heterocycles. The van der Waals surface area contributed by atoms with Crippen LogP contribution in [-0.2, 0) is 6.54 Å². The molecule has 2 aromatic rings. The highest BCUT2D eigenvalue weighted by Gasteiger charge is 2.04. The molecule has 0 spiro atoms. The number of rotatable bonds is 10. The van der Waals surface area contributed by atoms with E-state index in [1.807, 2.05) is 30.3 Å². The Labute approximate surface area is 133 Å². The number of aryl methyl sites for hydroxylation is 1. The van der Waals surface area contributed by atoms with Crippen LogP contribution in [0.25, 0.3) is 11.4 Å². The van der Waals surface area contributed by atoms with Gasteiger partial charge >= 0.3 is 0 Å². The maximum Gasteiger partial charge on any atom is 0.204 e. The lowest BCUT2D eigenvalue weighted by molar-refractivity contribution is 0.316. The number of tetrazole rings is 1. The lowest BCUT2D eigenvalue weighted by atomic mass is 10.2. The number of nitrogens with zero attached hydrogens (tertiary/aromatic N) is 5. The number of hydrogen-bond acceptors (Lipinski definition) is 4. The van der Waals surface area contributed by atoms with Crippen molar-refractivity contribution in [3.05, 3.63) is 30.3 Å². The molecule has 0 unspecified atom stereocenters. The first kappa shape index (κ1) is 16.6. The fraction of sp³-hybridized carbons (Fsp3) is 0.588. The first-order chi connectivity index (χ1) is 10.8. The van der Waals surface area contributed by atoms with Gasteiger partial charge in [0.25, 0.3) is 0 Å². The summed E-state index contributed by atoms with van der Waals surface area (Å²) in [7, 11) is 2.21. The molecule has 0 radical (unpaired) electrons. The fourth-order valence-corrected chi connectivity index (χ4v) is 2.39. The number of aromatic nitrogens is 4. The van der Waals surface area contributed by atoms with E-state index in [0.717, 1.165) is 18.5 Å². The quantitative estimate of drug-likeness (QED) is 0.632. The van der Waals surface area contributed by atoms with Crippen molar-refractivity contribution in [1.82, 2.24) is 25.1 Å². The van der Waals surface area contributed by atoms with Crippen molar-refractivity contribution in [2.45, 2.75) is 45.6 Å². The third-order valence-corrected chi connectivity index (χ3v) is 3.78. The van der Waals surface area contributed by atoms with E-state index in [-0.39, 0.29) is 0 Å². The molecule has 0 aliphatic carbocycles. The summed E-state index contributed by atoms with van der Waals surface area (Å²) in [6.45, 7) is 5.47. The first-order valence-corrected chi connectivity index (χ1v) is 8.31. The van der Waals surface area contributed by atoms with E-state index in [1.165, 1.54) is 38.8 Å². The van der Waals surface area contributed by atoms with Crippen LogP contribution in [0.15, 0.2) is 30.3 Å². The maximum absolute atomic E-state index is 4.44. The van der Waals surface area contributed by atoms with E-state index in [9.17, 15) is 0 Å². The molecule has 5 nitrogen and oxygen atoms in total. The second-order valence-electron chi connectivity index (χ2n) is 5.79. The van der Waals surface area contributed by atoms with Crippen LogP contribution in [0.1, 0.15) is 39.0 Å². The third-order valence-electron chi connectivity index (χ3n) is 3.78.